The van der Waals surface area contributed by atoms with Gasteiger partial charge in [0.25, 0.3) is 15.9 Å². The summed E-state index contributed by atoms with van der Waals surface area (Å²) in [5, 5.41) is 2.79. The van der Waals surface area contributed by atoms with Gasteiger partial charge in [-0.2, -0.15) is 0 Å². The van der Waals surface area contributed by atoms with E-state index in [-0.39, 0.29) is 10.8 Å². The Labute approximate surface area is 164 Å². The lowest BCUT2D eigenvalue weighted by Gasteiger charge is -2.11. The van der Waals surface area contributed by atoms with Crippen molar-refractivity contribution in [3.05, 3.63) is 83.2 Å². The highest BCUT2D eigenvalue weighted by molar-refractivity contribution is 7.92. The molecule has 0 fully saturated rings. The molecule has 0 bridgehead atoms. The SMILES string of the molecule is Cc1ccc(S(=O)(=O)Nc2ccc(C(=O)Nc3cnccc3C)cc2)cc1C. The van der Waals surface area contributed by atoms with Crippen LogP contribution in [0.15, 0.2) is 65.8 Å². The fourth-order valence-electron chi connectivity index (χ4n) is 2.57. The molecule has 0 aliphatic heterocycles. The fourth-order valence-corrected chi connectivity index (χ4v) is 3.72. The predicted molar refractivity (Wildman–Crippen MR) is 110 cm³/mol. The van der Waals surface area contributed by atoms with Crippen LogP contribution in [0.25, 0.3) is 0 Å². The third-order valence-corrected chi connectivity index (χ3v) is 5.85. The molecule has 28 heavy (non-hydrogen) atoms. The summed E-state index contributed by atoms with van der Waals surface area (Å²) in [5.41, 5.74) is 4.26. The zero-order valence-electron chi connectivity index (χ0n) is 15.9. The topological polar surface area (TPSA) is 88.2 Å². The summed E-state index contributed by atoms with van der Waals surface area (Å²) in [7, 11) is -3.70. The van der Waals surface area contributed by atoms with Gasteiger partial charge in [-0.05, 0) is 79.9 Å². The Balaban J connectivity index is 1.74. The van der Waals surface area contributed by atoms with Gasteiger partial charge in [0, 0.05) is 17.4 Å². The van der Waals surface area contributed by atoms with Gasteiger partial charge < -0.3 is 5.32 Å². The first-order valence-electron chi connectivity index (χ1n) is 8.68. The molecule has 2 aromatic carbocycles. The Morgan fingerprint density at radius 1 is 0.893 bits per heavy atom. The number of carbonyl (C=O) groups excluding carboxylic acids is 1. The minimum atomic E-state index is -3.70. The Morgan fingerprint density at radius 2 is 1.61 bits per heavy atom. The van der Waals surface area contributed by atoms with Crippen LogP contribution in [0.5, 0.6) is 0 Å². The monoisotopic (exact) mass is 395 g/mol. The standard InChI is InChI=1S/C21H21N3O3S/c1-14-4-9-19(12-16(14)3)28(26,27)24-18-7-5-17(6-8-18)21(25)23-20-13-22-11-10-15(20)2/h4-13,24H,1-3H3,(H,23,25). The van der Waals surface area contributed by atoms with Crippen LogP contribution in [0.2, 0.25) is 0 Å². The summed E-state index contributed by atoms with van der Waals surface area (Å²) < 4.78 is 27.7. The number of pyridine rings is 1. The van der Waals surface area contributed by atoms with Crippen molar-refractivity contribution in [2.45, 2.75) is 25.7 Å². The summed E-state index contributed by atoms with van der Waals surface area (Å²) in [5.74, 6) is -0.292. The molecular formula is C21H21N3O3S. The fraction of sp³-hybridized carbons (Fsp3) is 0.143. The van der Waals surface area contributed by atoms with Crippen LogP contribution in [0.3, 0.4) is 0 Å². The maximum absolute atomic E-state index is 12.6. The Hall–Kier alpha value is -3.19. The molecule has 1 amide bonds. The van der Waals surface area contributed by atoms with E-state index < -0.39 is 10.0 Å². The molecule has 3 rings (SSSR count). The molecule has 3 aromatic rings. The first kappa shape index (κ1) is 19.6. The van der Waals surface area contributed by atoms with E-state index in [4.69, 9.17) is 0 Å². The lowest BCUT2D eigenvalue weighted by molar-refractivity contribution is 0.102. The number of carbonyl (C=O) groups is 1. The first-order chi connectivity index (χ1) is 13.3. The van der Waals surface area contributed by atoms with Crippen LogP contribution in [0.1, 0.15) is 27.0 Å². The summed E-state index contributed by atoms with van der Waals surface area (Å²) in [6, 6.07) is 13.0. The summed E-state index contributed by atoms with van der Waals surface area (Å²) in [4.78, 5) is 16.6. The van der Waals surface area contributed by atoms with Gasteiger partial charge in [0.05, 0.1) is 16.8 Å². The van der Waals surface area contributed by atoms with E-state index in [0.29, 0.717) is 16.9 Å². The zero-order chi connectivity index (χ0) is 20.3. The number of sulfonamides is 1. The van der Waals surface area contributed by atoms with Gasteiger partial charge in [0.1, 0.15) is 0 Å². The number of amides is 1. The molecule has 6 nitrogen and oxygen atoms in total. The minimum Gasteiger partial charge on any atom is -0.320 e. The van der Waals surface area contributed by atoms with Gasteiger partial charge in [0.15, 0.2) is 0 Å². The van der Waals surface area contributed by atoms with Crippen molar-refractivity contribution in [2.24, 2.45) is 0 Å². The Morgan fingerprint density at radius 3 is 2.25 bits per heavy atom. The van der Waals surface area contributed by atoms with Crippen molar-refractivity contribution < 1.29 is 13.2 Å². The number of aryl methyl sites for hydroxylation is 3. The van der Waals surface area contributed by atoms with Gasteiger partial charge >= 0.3 is 0 Å². The van der Waals surface area contributed by atoms with E-state index >= 15 is 0 Å². The molecular weight excluding hydrogens is 374 g/mol. The summed E-state index contributed by atoms with van der Waals surface area (Å²) >= 11 is 0. The van der Waals surface area contributed by atoms with E-state index in [1.807, 2.05) is 20.8 Å². The highest BCUT2D eigenvalue weighted by Gasteiger charge is 2.15. The van der Waals surface area contributed by atoms with Gasteiger partial charge in [0.2, 0.25) is 0 Å². The van der Waals surface area contributed by atoms with Crippen molar-refractivity contribution in [1.82, 2.24) is 4.98 Å². The molecule has 144 valence electrons. The normalized spacial score (nSPS) is 11.1. The highest BCUT2D eigenvalue weighted by Crippen LogP contribution is 2.20. The van der Waals surface area contributed by atoms with Crippen LogP contribution >= 0.6 is 0 Å². The highest BCUT2D eigenvalue weighted by atomic mass is 32.2. The van der Waals surface area contributed by atoms with E-state index in [1.54, 1.807) is 60.9 Å². The average molecular weight is 395 g/mol. The average Bonchev–Trinajstić information content (AvgIpc) is 2.66. The maximum Gasteiger partial charge on any atom is 0.261 e. The first-order valence-corrected chi connectivity index (χ1v) is 10.2. The van der Waals surface area contributed by atoms with Crippen LogP contribution in [0, 0.1) is 20.8 Å². The number of benzene rings is 2. The number of aromatic nitrogens is 1. The van der Waals surface area contributed by atoms with Gasteiger partial charge in [-0.3, -0.25) is 14.5 Å². The molecule has 0 atom stereocenters. The molecule has 0 spiro atoms. The molecule has 0 saturated heterocycles. The second kappa shape index (κ2) is 7.82. The smallest absolute Gasteiger partial charge is 0.261 e. The summed E-state index contributed by atoms with van der Waals surface area (Å²) in [6.07, 6.45) is 3.24. The number of hydrogen-bond donors (Lipinski definition) is 2. The number of rotatable bonds is 5. The zero-order valence-corrected chi connectivity index (χ0v) is 16.7. The largest absolute Gasteiger partial charge is 0.320 e. The van der Waals surface area contributed by atoms with Crippen LogP contribution in [0.4, 0.5) is 11.4 Å². The lowest BCUT2D eigenvalue weighted by Crippen LogP contribution is -2.15. The third kappa shape index (κ3) is 4.37. The second-order valence-corrected chi connectivity index (χ2v) is 8.26. The number of nitrogens with one attached hydrogen (secondary N) is 2. The minimum absolute atomic E-state index is 0.199. The summed E-state index contributed by atoms with van der Waals surface area (Å²) in [6.45, 7) is 5.67. The molecule has 7 heteroatoms. The van der Waals surface area contributed by atoms with Crippen LogP contribution in [-0.2, 0) is 10.0 Å². The van der Waals surface area contributed by atoms with Crippen molar-refractivity contribution in [2.75, 3.05) is 10.0 Å². The van der Waals surface area contributed by atoms with Crippen LogP contribution in [-0.4, -0.2) is 19.3 Å². The number of anilines is 2. The van der Waals surface area contributed by atoms with E-state index in [1.165, 1.54) is 0 Å². The van der Waals surface area contributed by atoms with Gasteiger partial charge in [-0.15, -0.1) is 0 Å². The van der Waals surface area contributed by atoms with Crippen molar-refractivity contribution >= 4 is 27.3 Å². The molecule has 0 saturated carbocycles. The third-order valence-electron chi connectivity index (χ3n) is 4.48. The molecule has 0 aliphatic rings. The van der Waals surface area contributed by atoms with Gasteiger partial charge in [-0.25, -0.2) is 8.42 Å². The van der Waals surface area contributed by atoms with E-state index in [9.17, 15) is 13.2 Å². The number of nitrogens with zero attached hydrogens (tertiary/aromatic N) is 1. The number of hydrogen-bond acceptors (Lipinski definition) is 4. The molecule has 1 heterocycles. The van der Waals surface area contributed by atoms with E-state index in [2.05, 4.69) is 15.0 Å². The van der Waals surface area contributed by atoms with E-state index in [0.717, 1.165) is 16.7 Å². The molecule has 2 N–H and O–H groups in total. The Bertz CT molecular complexity index is 1120. The quantitative estimate of drug-likeness (QED) is 0.682. The molecule has 0 unspecified atom stereocenters. The van der Waals surface area contributed by atoms with Crippen molar-refractivity contribution in [1.29, 1.82) is 0 Å². The predicted octanol–water partition coefficient (Wildman–Crippen LogP) is 4.06. The molecule has 0 aliphatic carbocycles. The van der Waals surface area contributed by atoms with Crippen molar-refractivity contribution in [3.8, 4) is 0 Å². The van der Waals surface area contributed by atoms with Crippen LogP contribution < -0.4 is 10.0 Å². The van der Waals surface area contributed by atoms with Gasteiger partial charge in [-0.1, -0.05) is 6.07 Å². The Kier molecular flexibility index (Phi) is 5.46. The maximum atomic E-state index is 12.6. The molecule has 0 radical (unpaired) electrons. The molecule has 1 aromatic heterocycles. The van der Waals surface area contributed by atoms with Crippen molar-refractivity contribution in [3.63, 3.8) is 0 Å². The lowest BCUT2D eigenvalue weighted by atomic mass is 10.1. The second-order valence-electron chi connectivity index (χ2n) is 6.57.